The van der Waals surface area contributed by atoms with E-state index in [1.165, 1.54) is 0 Å². The molecule has 1 heterocycles. The topological polar surface area (TPSA) is 105 Å². The zero-order valence-corrected chi connectivity index (χ0v) is 20.7. The van der Waals surface area contributed by atoms with Gasteiger partial charge in [0.05, 0.1) is 18.8 Å². The molecule has 8 nitrogen and oxygen atoms in total. The minimum atomic E-state index is -0.692. The van der Waals surface area contributed by atoms with Gasteiger partial charge in [-0.3, -0.25) is 4.99 Å². The largest absolute Gasteiger partial charge is 0.491 e. The van der Waals surface area contributed by atoms with E-state index < -0.39 is 6.10 Å². The molecule has 168 valence electrons. The number of aliphatic hydroxyl groups excluding tert-OH is 1. The van der Waals surface area contributed by atoms with E-state index in [0.29, 0.717) is 30.6 Å². The average Bonchev–Trinajstić information content (AvgIpc) is 3.15. The van der Waals surface area contributed by atoms with E-state index in [-0.39, 0.29) is 42.5 Å². The Labute approximate surface area is 195 Å². The zero-order valence-electron chi connectivity index (χ0n) is 18.4. The van der Waals surface area contributed by atoms with E-state index >= 15 is 0 Å². The number of guanidine groups is 1. The Hall–Kier alpha value is -1.88. The number of benzene rings is 1. The Bertz CT molecular complexity index is 762. The second-order valence-electron chi connectivity index (χ2n) is 7.35. The molecular formula is C21H34IN5O3. The van der Waals surface area contributed by atoms with Crippen molar-refractivity contribution in [1.82, 2.24) is 20.8 Å². The zero-order chi connectivity index (χ0) is 21.2. The molecule has 0 fully saturated rings. The van der Waals surface area contributed by atoms with Crippen LogP contribution in [0.15, 0.2) is 33.8 Å². The van der Waals surface area contributed by atoms with E-state index in [1.54, 1.807) is 0 Å². The lowest BCUT2D eigenvalue weighted by molar-refractivity contribution is 0.186. The first-order chi connectivity index (χ1) is 13.9. The van der Waals surface area contributed by atoms with E-state index in [0.717, 1.165) is 17.9 Å². The van der Waals surface area contributed by atoms with Gasteiger partial charge < -0.3 is 25.0 Å². The van der Waals surface area contributed by atoms with Crippen molar-refractivity contribution in [2.24, 2.45) is 4.99 Å². The van der Waals surface area contributed by atoms with Gasteiger partial charge in [-0.25, -0.2) is 0 Å². The normalized spacial score (nSPS) is 12.6. The highest BCUT2D eigenvalue weighted by atomic mass is 127. The molecule has 2 rings (SSSR count). The Kier molecular flexibility index (Phi) is 11.7. The maximum Gasteiger partial charge on any atom is 0.228 e. The van der Waals surface area contributed by atoms with Crippen LogP contribution < -0.4 is 15.4 Å². The molecule has 0 aliphatic carbocycles. The van der Waals surface area contributed by atoms with Gasteiger partial charge in [0.25, 0.3) is 0 Å². The molecule has 1 unspecified atom stereocenters. The van der Waals surface area contributed by atoms with Crippen LogP contribution >= 0.6 is 24.0 Å². The third-order valence-electron chi connectivity index (χ3n) is 4.03. The van der Waals surface area contributed by atoms with Crippen LogP contribution in [0.3, 0.4) is 0 Å². The summed E-state index contributed by atoms with van der Waals surface area (Å²) in [4.78, 5) is 8.83. The van der Waals surface area contributed by atoms with Crippen LogP contribution in [0, 0.1) is 0 Å². The van der Waals surface area contributed by atoms with Crippen LogP contribution in [-0.2, 0) is 6.42 Å². The number of ether oxygens (including phenoxy) is 1. The quantitative estimate of drug-likeness (QED) is 0.245. The Morgan fingerprint density at radius 1 is 1.17 bits per heavy atom. The van der Waals surface area contributed by atoms with Crippen molar-refractivity contribution in [1.29, 1.82) is 0 Å². The highest BCUT2D eigenvalue weighted by molar-refractivity contribution is 14.0. The molecule has 0 aliphatic heterocycles. The molecule has 2 aromatic rings. The van der Waals surface area contributed by atoms with E-state index in [2.05, 4.69) is 25.8 Å². The predicted octanol–water partition coefficient (Wildman–Crippen LogP) is 3.43. The first kappa shape index (κ1) is 26.2. The van der Waals surface area contributed by atoms with E-state index in [4.69, 9.17) is 9.26 Å². The molecule has 0 spiro atoms. The summed E-state index contributed by atoms with van der Waals surface area (Å²) in [6.07, 6.45) is 0.0284. The van der Waals surface area contributed by atoms with Crippen molar-refractivity contribution < 1.29 is 14.4 Å². The van der Waals surface area contributed by atoms with Crippen LogP contribution in [0.25, 0.3) is 0 Å². The fourth-order valence-corrected chi connectivity index (χ4v) is 2.56. The van der Waals surface area contributed by atoms with Crippen LogP contribution in [0.5, 0.6) is 5.75 Å². The summed E-state index contributed by atoms with van der Waals surface area (Å²) in [6, 6.07) is 7.45. The third kappa shape index (κ3) is 8.86. The summed E-state index contributed by atoms with van der Waals surface area (Å²) in [7, 11) is 0. The molecule has 0 saturated carbocycles. The number of aliphatic imine (C=N–C) groups is 1. The maximum atomic E-state index is 10.4. The van der Waals surface area contributed by atoms with Gasteiger partial charge >= 0.3 is 0 Å². The standard InChI is InChI=1S/C21H33N5O3.HI/c1-6-22-21(23-12-11-19-25-20(14(2)3)26-29-19)24-13-18(27)16-7-9-17(10-8-16)28-15(4)5;/h7-10,14-15,18,27H,6,11-13H2,1-5H3,(H2,22,23,24);1H. The number of rotatable bonds is 10. The minimum absolute atomic E-state index is 0. The predicted molar refractivity (Wildman–Crippen MR) is 129 cm³/mol. The first-order valence-electron chi connectivity index (χ1n) is 10.2. The molecule has 0 amide bonds. The number of nitrogens with zero attached hydrogens (tertiary/aromatic N) is 3. The second-order valence-corrected chi connectivity index (χ2v) is 7.35. The van der Waals surface area contributed by atoms with Crippen molar-refractivity contribution in [3.63, 3.8) is 0 Å². The maximum absolute atomic E-state index is 10.4. The number of aromatic nitrogens is 2. The summed E-state index contributed by atoms with van der Waals surface area (Å²) in [5.41, 5.74) is 0.799. The van der Waals surface area contributed by atoms with Gasteiger partial charge in [-0.05, 0) is 38.5 Å². The number of halogens is 1. The van der Waals surface area contributed by atoms with Crippen molar-refractivity contribution in [3.05, 3.63) is 41.5 Å². The molecule has 1 atom stereocenters. The molecule has 30 heavy (non-hydrogen) atoms. The molecule has 9 heteroatoms. The number of hydrogen-bond acceptors (Lipinski definition) is 6. The Balaban J connectivity index is 0.00000450. The number of aliphatic hydroxyl groups is 1. The van der Waals surface area contributed by atoms with Crippen LogP contribution in [0.1, 0.15) is 63.9 Å². The van der Waals surface area contributed by atoms with E-state index in [9.17, 15) is 5.11 Å². The molecule has 1 aromatic carbocycles. The van der Waals surface area contributed by atoms with Crippen LogP contribution in [-0.4, -0.2) is 46.9 Å². The van der Waals surface area contributed by atoms with Crippen molar-refractivity contribution in [2.75, 3.05) is 19.6 Å². The summed E-state index contributed by atoms with van der Waals surface area (Å²) < 4.78 is 10.9. The first-order valence-corrected chi connectivity index (χ1v) is 10.2. The highest BCUT2D eigenvalue weighted by Gasteiger charge is 2.11. The van der Waals surface area contributed by atoms with Gasteiger partial charge in [0.2, 0.25) is 5.89 Å². The number of hydrogen-bond donors (Lipinski definition) is 3. The fourth-order valence-electron chi connectivity index (χ4n) is 2.56. The SMILES string of the molecule is CCNC(=NCC(O)c1ccc(OC(C)C)cc1)NCCc1nc(C(C)C)no1.I. The van der Waals surface area contributed by atoms with Gasteiger partial charge in [0.1, 0.15) is 5.75 Å². The summed E-state index contributed by atoms with van der Waals surface area (Å²) in [5.74, 6) is 2.98. The molecule has 0 radical (unpaired) electrons. The minimum Gasteiger partial charge on any atom is -0.491 e. The molecule has 1 aromatic heterocycles. The molecule has 0 saturated heterocycles. The lowest BCUT2D eigenvalue weighted by Crippen LogP contribution is -2.38. The van der Waals surface area contributed by atoms with Gasteiger partial charge in [0.15, 0.2) is 11.8 Å². The van der Waals surface area contributed by atoms with Gasteiger partial charge in [-0.1, -0.05) is 31.1 Å². The van der Waals surface area contributed by atoms with Crippen molar-refractivity contribution in [3.8, 4) is 5.75 Å². The van der Waals surface area contributed by atoms with Gasteiger partial charge in [-0.2, -0.15) is 4.98 Å². The molecule has 0 bridgehead atoms. The highest BCUT2D eigenvalue weighted by Crippen LogP contribution is 2.19. The van der Waals surface area contributed by atoms with Crippen molar-refractivity contribution >= 4 is 29.9 Å². The van der Waals surface area contributed by atoms with Gasteiger partial charge in [-0.15, -0.1) is 24.0 Å². The lowest BCUT2D eigenvalue weighted by atomic mass is 10.1. The summed E-state index contributed by atoms with van der Waals surface area (Å²) in [5, 5.41) is 20.8. The molecular weight excluding hydrogens is 497 g/mol. The smallest absolute Gasteiger partial charge is 0.228 e. The second kappa shape index (κ2) is 13.4. The molecule has 0 aliphatic rings. The summed E-state index contributed by atoms with van der Waals surface area (Å²) >= 11 is 0. The Morgan fingerprint density at radius 3 is 2.43 bits per heavy atom. The van der Waals surface area contributed by atoms with E-state index in [1.807, 2.05) is 58.9 Å². The third-order valence-corrected chi connectivity index (χ3v) is 4.03. The van der Waals surface area contributed by atoms with Crippen LogP contribution in [0.2, 0.25) is 0 Å². The average molecular weight is 531 g/mol. The number of nitrogens with one attached hydrogen (secondary N) is 2. The summed E-state index contributed by atoms with van der Waals surface area (Å²) in [6.45, 7) is 11.6. The van der Waals surface area contributed by atoms with Crippen LogP contribution in [0.4, 0.5) is 0 Å². The van der Waals surface area contributed by atoms with Gasteiger partial charge in [0, 0.05) is 25.4 Å². The van der Waals surface area contributed by atoms with Crippen molar-refractivity contribution in [2.45, 2.75) is 59.2 Å². The monoisotopic (exact) mass is 531 g/mol. The Morgan fingerprint density at radius 2 is 1.87 bits per heavy atom. The lowest BCUT2D eigenvalue weighted by Gasteiger charge is -2.14. The fraction of sp³-hybridized carbons (Fsp3) is 0.571. The molecule has 3 N–H and O–H groups in total.